The molecule has 0 aliphatic rings. The molecule has 0 atom stereocenters. The number of imidazole rings is 1. The lowest BCUT2D eigenvalue weighted by Gasteiger charge is -2.04. The molecule has 3 rings (SSSR count). The van der Waals surface area contributed by atoms with Crippen molar-refractivity contribution in [2.45, 2.75) is 6.61 Å². The van der Waals surface area contributed by atoms with Crippen LogP contribution in [0.4, 0.5) is 5.82 Å². The van der Waals surface area contributed by atoms with Crippen LogP contribution < -0.4 is 5.73 Å². The smallest absolute Gasteiger partial charge is 0.146 e. The zero-order valence-electron chi connectivity index (χ0n) is 11.8. The Morgan fingerprint density at radius 1 is 1.25 bits per heavy atom. The van der Waals surface area contributed by atoms with Crippen LogP contribution in [0.2, 0.25) is 0 Å². The molecule has 3 aromatic rings. The monoisotopic (exact) mass is 271 g/mol. The zero-order chi connectivity index (χ0) is 14.3. The molecule has 0 radical (unpaired) electrons. The maximum atomic E-state index is 6.15. The number of nitrogen functional groups attached to an aromatic ring is 1. The van der Waals surface area contributed by atoms with Gasteiger partial charge in [-0.2, -0.15) is 5.10 Å². The highest BCUT2D eigenvalue weighted by Gasteiger charge is 2.20. The first kappa shape index (κ1) is 12.7. The zero-order valence-corrected chi connectivity index (χ0v) is 11.8. The fourth-order valence-corrected chi connectivity index (χ4v) is 2.45. The van der Waals surface area contributed by atoms with Crippen LogP contribution in [-0.4, -0.2) is 26.4 Å². The normalized spacial score (nSPS) is 11.3. The third kappa shape index (κ3) is 1.77. The second kappa shape index (κ2) is 4.64. The Hall–Kier alpha value is -2.34. The van der Waals surface area contributed by atoms with Crippen molar-refractivity contribution in [2.24, 2.45) is 14.1 Å². The van der Waals surface area contributed by atoms with Gasteiger partial charge in [-0.3, -0.25) is 4.68 Å². The van der Waals surface area contributed by atoms with Crippen molar-refractivity contribution in [2.75, 3.05) is 12.8 Å². The molecule has 0 unspecified atom stereocenters. The Morgan fingerprint density at radius 2 is 2.00 bits per heavy atom. The summed E-state index contributed by atoms with van der Waals surface area (Å²) in [4.78, 5) is 4.67. The third-order valence-corrected chi connectivity index (χ3v) is 3.46. The largest absolute Gasteiger partial charge is 0.383 e. The van der Waals surface area contributed by atoms with E-state index in [1.54, 1.807) is 11.8 Å². The van der Waals surface area contributed by atoms with Crippen LogP contribution in [0, 0.1) is 0 Å². The van der Waals surface area contributed by atoms with E-state index < -0.39 is 0 Å². The summed E-state index contributed by atoms with van der Waals surface area (Å²) in [5.74, 6) is 1.40. The molecule has 0 spiro atoms. The highest BCUT2D eigenvalue weighted by molar-refractivity contribution is 5.83. The van der Waals surface area contributed by atoms with Crippen molar-refractivity contribution < 1.29 is 4.74 Å². The van der Waals surface area contributed by atoms with Gasteiger partial charge in [-0.1, -0.05) is 12.1 Å². The van der Waals surface area contributed by atoms with E-state index in [-0.39, 0.29) is 0 Å². The number of nitrogens with zero attached hydrogens (tertiary/aromatic N) is 4. The van der Waals surface area contributed by atoms with Gasteiger partial charge in [-0.15, -0.1) is 0 Å². The lowest BCUT2D eigenvalue weighted by Crippen LogP contribution is -2.00. The number of fused-ring (bicyclic) bond motifs is 1. The second-order valence-electron chi connectivity index (χ2n) is 4.75. The SMILES string of the molecule is COCc1nn(C)c(N)c1-c1nc2ccccc2n1C. The third-order valence-electron chi connectivity index (χ3n) is 3.46. The molecule has 1 aromatic carbocycles. The van der Waals surface area contributed by atoms with Gasteiger partial charge in [0.15, 0.2) is 0 Å². The molecular formula is C14H17N5O. The van der Waals surface area contributed by atoms with Gasteiger partial charge in [-0.05, 0) is 12.1 Å². The molecular weight excluding hydrogens is 254 g/mol. The van der Waals surface area contributed by atoms with E-state index in [0.29, 0.717) is 12.4 Å². The fraction of sp³-hybridized carbons (Fsp3) is 0.286. The molecule has 0 aliphatic carbocycles. The van der Waals surface area contributed by atoms with E-state index in [2.05, 4.69) is 10.1 Å². The van der Waals surface area contributed by atoms with Crippen LogP contribution >= 0.6 is 0 Å². The molecule has 6 nitrogen and oxygen atoms in total. The molecule has 0 saturated carbocycles. The topological polar surface area (TPSA) is 70.9 Å². The molecule has 0 saturated heterocycles. The van der Waals surface area contributed by atoms with E-state index >= 15 is 0 Å². The number of benzene rings is 1. The van der Waals surface area contributed by atoms with Crippen molar-refractivity contribution in [3.8, 4) is 11.4 Å². The lowest BCUT2D eigenvalue weighted by molar-refractivity contribution is 0.181. The predicted octanol–water partition coefficient (Wildman–Crippen LogP) is 1.70. The second-order valence-corrected chi connectivity index (χ2v) is 4.75. The Labute approximate surface area is 116 Å². The molecule has 2 heterocycles. The summed E-state index contributed by atoms with van der Waals surface area (Å²) in [6.07, 6.45) is 0. The fourth-order valence-electron chi connectivity index (χ4n) is 2.45. The summed E-state index contributed by atoms with van der Waals surface area (Å²) in [5, 5.41) is 4.40. The number of ether oxygens (including phenoxy) is 1. The molecule has 2 aromatic heterocycles. The minimum absolute atomic E-state index is 0.406. The van der Waals surface area contributed by atoms with Crippen molar-refractivity contribution in [1.29, 1.82) is 0 Å². The van der Waals surface area contributed by atoms with Crippen molar-refractivity contribution in [3.05, 3.63) is 30.0 Å². The van der Waals surface area contributed by atoms with Gasteiger partial charge in [0.1, 0.15) is 17.3 Å². The van der Waals surface area contributed by atoms with Crippen molar-refractivity contribution in [3.63, 3.8) is 0 Å². The first-order valence-electron chi connectivity index (χ1n) is 6.35. The number of anilines is 1. The summed E-state index contributed by atoms with van der Waals surface area (Å²) < 4.78 is 8.89. The Bertz CT molecular complexity index is 771. The molecule has 0 aliphatic heterocycles. The Kier molecular flexibility index (Phi) is 2.94. The highest BCUT2D eigenvalue weighted by Crippen LogP contribution is 2.31. The number of methoxy groups -OCH3 is 1. The van der Waals surface area contributed by atoms with E-state index in [0.717, 1.165) is 28.1 Å². The van der Waals surface area contributed by atoms with Crippen LogP contribution in [0.5, 0.6) is 0 Å². The van der Waals surface area contributed by atoms with Gasteiger partial charge in [0.05, 0.1) is 23.2 Å². The lowest BCUT2D eigenvalue weighted by atomic mass is 10.2. The number of hydrogen-bond donors (Lipinski definition) is 1. The number of rotatable bonds is 3. The van der Waals surface area contributed by atoms with Crippen LogP contribution in [0.3, 0.4) is 0 Å². The summed E-state index contributed by atoms with van der Waals surface area (Å²) in [6.45, 7) is 0.406. The molecule has 0 fully saturated rings. The average molecular weight is 271 g/mol. The maximum Gasteiger partial charge on any atom is 0.146 e. The van der Waals surface area contributed by atoms with Crippen molar-refractivity contribution in [1.82, 2.24) is 19.3 Å². The van der Waals surface area contributed by atoms with Crippen LogP contribution in [0.15, 0.2) is 24.3 Å². The molecule has 104 valence electrons. The quantitative estimate of drug-likeness (QED) is 0.787. The standard InChI is InChI=1S/C14H17N5O/c1-18-11-7-5-4-6-9(11)16-14(18)12-10(8-20-3)17-19(2)13(12)15/h4-7H,8,15H2,1-3H3. The van der Waals surface area contributed by atoms with Gasteiger partial charge in [0.2, 0.25) is 0 Å². The van der Waals surface area contributed by atoms with Crippen molar-refractivity contribution >= 4 is 16.9 Å². The van der Waals surface area contributed by atoms with E-state index in [9.17, 15) is 0 Å². The maximum absolute atomic E-state index is 6.15. The predicted molar refractivity (Wildman–Crippen MR) is 78.0 cm³/mol. The first-order chi connectivity index (χ1) is 9.63. The van der Waals surface area contributed by atoms with E-state index in [1.807, 2.05) is 42.9 Å². The van der Waals surface area contributed by atoms with Crippen LogP contribution in [0.25, 0.3) is 22.4 Å². The van der Waals surface area contributed by atoms with Crippen LogP contribution in [0.1, 0.15) is 5.69 Å². The first-order valence-corrected chi connectivity index (χ1v) is 6.35. The molecule has 20 heavy (non-hydrogen) atoms. The van der Waals surface area contributed by atoms with Gasteiger partial charge < -0.3 is 15.0 Å². The molecule has 2 N–H and O–H groups in total. The number of para-hydroxylation sites is 2. The summed E-state index contributed by atoms with van der Waals surface area (Å²) in [7, 11) is 5.44. The Balaban J connectivity index is 2.27. The number of aromatic nitrogens is 4. The van der Waals surface area contributed by atoms with E-state index in [1.165, 1.54) is 0 Å². The van der Waals surface area contributed by atoms with Gasteiger partial charge >= 0.3 is 0 Å². The van der Waals surface area contributed by atoms with E-state index in [4.69, 9.17) is 10.5 Å². The minimum atomic E-state index is 0.406. The summed E-state index contributed by atoms with van der Waals surface area (Å²) in [5.41, 5.74) is 9.79. The van der Waals surface area contributed by atoms with Gasteiger partial charge in [-0.25, -0.2) is 4.98 Å². The molecule has 0 bridgehead atoms. The van der Waals surface area contributed by atoms with Crippen LogP contribution in [-0.2, 0) is 25.4 Å². The van der Waals surface area contributed by atoms with Gasteiger partial charge in [0, 0.05) is 21.2 Å². The summed E-state index contributed by atoms with van der Waals surface area (Å²) >= 11 is 0. The highest BCUT2D eigenvalue weighted by atomic mass is 16.5. The number of nitrogens with two attached hydrogens (primary N) is 1. The minimum Gasteiger partial charge on any atom is -0.383 e. The molecule has 6 heteroatoms. The van der Waals surface area contributed by atoms with Gasteiger partial charge in [0.25, 0.3) is 0 Å². The Morgan fingerprint density at radius 3 is 2.70 bits per heavy atom. The average Bonchev–Trinajstić information content (AvgIpc) is 2.90. The number of aryl methyl sites for hydroxylation is 2. The molecule has 0 amide bonds. The summed E-state index contributed by atoms with van der Waals surface area (Å²) in [6, 6.07) is 7.99. The number of hydrogen-bond acceptors (Lipinski definition) is 4.